The van der Waals surface area contributed by atoms with E-state index in [1.54, 1.807) is 11.0 Å². The fourth-order valence-electron chi connectivity index (χ4n) is 5.21. The van der Waals surface area contributed by atoms with Gasteiger partial charge in [0, 0.05) is 17.4 Å². The number of nitrogens with one attached hydrogen (secondary N) is 1. The highest BCUT2D eigenvalue weighted by Gasteiger charge is 2.36. The summed E-state index contributed by atoms with van der Waals surface area (Å²) in [7, 11) is 0. The SMILES string of the molecule is CCc1nn(-c2ccccc2)c2c1CN(C(=O)Nc1ccc(C)cc1)C(c1cccc(F)c1)c1cccn1-2. The lowest BCUT2D eigenvalue weighted by atomic mass is 10.0. The molecule has 38 heavy (non-hydrogen) atoms. The molecule has 6 rings (SSSR count). The van der Waals surface area contributed by atoms with Crippen LogP contribution in [0.5, 0.6) is 0 Å². The first-order chi connectivity index (χ1) is 18.5. The molecule has 1 atom stereocenters. The van der Waals surface area contributed by atoms with E-state index in [1.165, 1.54) is 12.1 Å². The Labute approximate surface area is 221 Å². The summed E-state index contributed by atoms with van der Waals surface area (Å²) in [5.74, 6) is 0.547. The molecular weight excluding hydrogens is 477 g/mol. The predicted octanol–water partition coefficient (Wildman–Crippen LogP) is 6.81. The summed E-state index contributed by atoms with van der Waals surface area (Å²) in [6, 6.07) is 27.4. The molecule has 0 spiro atoms. The number of aryl methyl sites for hydroxylation is 2. The second-order valence-corrected chi connectivity index (χ2v) is 9.53. The number of aromatic nitrogens is 3. The lowest BCUT2D eigenvalue weighted by Crippen LogP contribution is -2.38. The van der Waals surface area contributed by atoms with Crippen LogP contribution in [0.15, 0.2) is 97.2 Å². The fourth-order valence-corrected chi connectivity index (χ4v) is 5.21. The van der Waals surface area contributed by atoms with Gasteiger partial charge in [0.1, 0.15) is 11.6 Å². The van der Waals surface area contributed by atoms with Crippen molar-refractivity contribution in [1.29, 1.82) is 0 Å². The van der Waals surface area contributed by atoms with Gasteiger partial charge in [-0.05, 0) is 67.4 Å². The van der Waals surface area contributed by atoms with Crippen molar-refractivity contribution in [2.45, 2.75) is 32.9 Å². The van der Waals surface area contributed by atoms with Crippen LogP contribution < -0.4 is 5.32 Å². The molecule has 3 heterocycles. The zero-order valence-corrected chi connectivity index (χ0v) is 21.3. The van der Waals surface area contributed by atoms with E-state index in [0.717, 1.165) is 34.0 Å². The van der Waals surface area contributed by atoms with Crippen LogP contribution in [0.4, 0.5) is 14.9 Å². The summed E-state index contributed by atoms with van der Waals surface area (Å²) in [6.45, 7) is 4.39. The van der Waals surface area contributed by atoms with Crippen molar-refractivity contribution in [3.63, 3.8) is 0 Å². The number of carbonyl (C=O) groups is 1. The van der Waals surface area contributed by atoms with Gasteiger partial charge in [0.25, 0.3) is 0 Å². The molecule has 0 saturated carbocycles. The minimum Gasteiger partial charge on any atom is -0.308 e. The maximum Gasteiger partial charge on any atom is 0.322 e. The Morgan fingerprint density at radius 2 is 1.79 bits per heavy atom. The minimum atomic E-state index is -0.521. The molecule has 3 aromatic carbocycles. The first-order valence-corrected chi connectivity index (χ1v) is 12.8. The molecule has 5 aromatic rings. The molecule has 7 heteroatoms. The van der Waals surface area contributed by atoms with Gasteiger partial charge < -0.3 is 14.8 Å². The number of benzene rings is 3. The quantitative estimate of drug-likeness (QED) is 0.292. The maximum absolute atomic E-state index is 14.5. The van der Waals surface area contributed by atoms with Crippen LogP contribution in [0.1, 0.15) is 41.0 Å². The average Bonchev–Trinajstić information content (AvgIpc) is 3.51. The Hall–Kier alpha value is -4.65. The molecule has 0 bridgehead atoms. The molecule has 1 aliphatic heterocycles. The van der Waals surface area contributed by atoms with E-state index >= 15 is 0 Å². The third-order valence-electron chi connectivity index (χ3n) is 7.03. The number of fused-ring (bicyclic) bond motifs is 3. The smallest absolute Gasteiger partial charge is 0.308 e. The normalized spacial score (nSPS) is 14.5. The summed E-state index contributed by atoms with van der Waals surface area (Å²) < 4.78 is 18.5. The van der Waals surface area contributed by atoms with Gasteiger partial charge in [0.15, 0.2) is 0 Å². The number of anilines is 1. The number of rotatable bonds is 4. The zero-order chi connectivity index (χ0) is 26.2. The minimum absolute atomic E-state index is 0.266. The van der Waals surface area contributed by atoms with Crippen molar-refractivity contribution in [3.8, 4) is 11.5 Å². The maximum atomic E-state index is 14.5. The standard InChI is InChI=1S/C31H28FN5O/c1-3-27-26-20-36(31(38)33-24-16-14-21(2)15-17-24)29(22-9-7-10-23(32)19-22)28-13-8-18-35(28)30(26)37(34-27)25-11-5-4-6-12-25/h4-19,29H,3,20H2,1-2H3,(H,33,38). The largest absolute Gasteiger partial charge is 0.322 e. The lowest BCUT2D eigenvalue weighted by molar-refractivity contribution is 0.194. The topological polar surface area (TPSA) is 55.1 Å². The Balaban J connectivity index is 1.55. The molecule has 0 fully saturated rings. The third-order valence-corrected chi connectivity index (χ3v) is 7.03. The van der Waals surface area contributed by atoms with Gasteiger partial charge in [-0.2, -0.15) is 5.10 Å². The van der Waals surface area contributed by atoms with Crippen molar-refractivity contribution in [1.82, 2.24) is 19.2 Å². The van der Waals surface area contributed by atoms with E-state index in [2.05, 4.69) is 16.8 Å². The van der Waals surface area contributed by atoms with Crippen LogP contribution in [0, 0.1) is 12.7 Å². The van der Waals surface area contributed by atoms with Crippen molar-refractivity contribution in [2.75, 3.05) is 5.32 Å². The second-order valence-electron chi connectivity index (χ2n) is 9.53. The Morgan fingerprint density at radius 3 is 2.53 bits per heavy atom. The van der Waals surface area contributed by atoms with Gasteiger partial charge in [-0.1, -0.05) is 55.0 Å². The highest BCUT2D eigenvalue weighted by molar-refractivity contribution is 5.90. The number of hydrogen-bond donors (Lipinski definition) is 1. The molecule has 2 aromatic heterocycles. The number of carbonyl (C=O) groups excluding carboxylic acids is 1. The summed E-state index contributed by atoms with van der Waals surface area (Å²) in [6.07, 6.45) is 2.69. The van der Waals surface area contributed by atoms with Gasteiger partial charge in [0.2, 0.25) is 0 Å². The fraction of sp³-hybridized carbons (Fsp3) is 0.161. The van der Waals surface area contributed by atoms with E-state index in [0.29, 0.717) is 24.2 Å². The zero-order valence-electron chi connectivity index (χ0n) is 21.3. The summed E-state index contributed by atoms with van der Waals surface area (Å²) >= 11 is 0. The molecular formula is C31H28FN5O. The third kappa shape index (κ3) is 4.16. The summed E-state index contributed by atoms with van der Waals surface area (Å²) in [5, 5.41) is 8.05. The van der Waals surface area contributed by atoms with Crippen molar-refractivity contribution >= 4 is 11.7 Å². The number of hydrogen-bond acceptors (Lipinski definition) is 2. The number of nitrogens with zero attached hydrogens (tertiary/aromatic N) is 4. The Morgan fingerprint density at radius 1 is 1.00 bits per heavy atom. The van der Waals surface area contributed by atoms with Crippen LogP contribution in [-0.4, -0.2) is 25.3 Å². The summed E-state index contributed by atoms with van der Waals surface area (Å²) in [5.41, 5.74) is 6.18. The van der Waals surface area contributed by atoms with Gasteiger partial charge in [-0.15, -0.1) is 0 Å². The highest BCUT2D eigenvalue weighted by Crippen LogP contribution is 2.39. The van der Waals surface area contributed by atoms with Gasteiger partial charge in [0.05, 0.1) is 29.7 Å². The van der Waals surface area contributed by atoms with Crippen LogP contribution in [0.2, 0.25) is 0 Å². The van der Waals surface area contributed by atoms with E-state index in [1.807, 2.05) is 90.6 Å². The Kier molecular flexibility index (Phi) is 6.04. The van der Waals surface area contributed by atoms with Crippen molar-refractivity contribution in [2.24, 2.45) is 0 Å². The molecule has 1 aliphatic rings. The number of amides is 2. The number of para-hydroxylation sites is 1. The molecule has 6 nitrogen and oxygen atoms in total. The monoisotopic (exact) mass is 505 g/mol. The van der Waals surface area contributed by atoms with E-state index in [-0.39, 0.29) is 11.8 Å². The Bertz CT molecular complexity index is 1600. The first-order valence-electron chi connectivity index (χ1n) is 12.8. The molecule has 0 radical (unpaired) electrons. The predicted molar refractivity (Wildman–Crippen MR) is 146 cm³/mol. The van der Waals surface area contributed by atoms with E-state index in [9.17, 15) is 9.18 Å². The first kappa shape index (κ1) is 23.7. The average molecular weight is 506 g/mol. The molecule has 0 saturated heterocycles. The van der Waals surface area contributed by atoms with Crippen molar-refractivity contribution < 1.29 is 9.18 Å². The molecule has 190 valence electrons. The van der Waals surface area contributed by atoms with Crippen molar-refractivity contribution in [3.05, 3.63) is 131 Å². The van der Waals surface area contributed by atoms with Crippen LogP contribution >= 0.6 is 0 Å². The highest BCUT2D eigenvalue weighted by atomic mass is 19.1. The number of halogens is 1. The van der Waals surface area contributed by atoms with Crippen LogP contribution in [0.3, 0.4) is 0 Å². The van der Waals surface area contributed by atoms with Gasteiger partial charge >= 0.3 is 6.03 Å². The van der Waals surface area contributed by atoms with E-state index in [4.69, 9.17) is 5.10 Å². The molecule has 0 aliphatic carbocycles. The molecule has 1 unspecified atom stereocenters. The second kappa shape index (κ2) is 9.67. The van der Waals surface area contributed by atoms with Crippen LogP contribution in [0.25, 0.3) is 11.5 Å². The van der Waals surface area contributed by atoms with Gasteiger partial charge in [-0.25, -0.2) is 13.9 Å². The lowest BCUT2D eigenvalue weighted by Gasteiger charge is -2.31. The molecule has 1 N–H and O–H groups in total. The summed E-state index contributed by atoms with van der Waals surface area (Å²) in [4.78, 5) is 15.8. The van der Waals surface area contributed by atoms with Crippen LogP contribution in [-0.2, 0) is 13.0 Å². The van der Waals surface area contributed by atoms with Gasteiger partial charge in [-0.3, -0.25) is 0 Å². The van der Waals surface area contributed by atoms with E-state index < -0.39 is 6.04 Å². The number of urea groups is 1. The molecule has 2 amide bonds.